The van der Waals surface area contributed by atoms with Crippen molar-refractivity contribution < 1.29 is 9.21 Å². The summed E-state index contributed by atoms with van der Waals surface area (Å²) in [5.41, 5.74) is 5.51. The first-order chi connectivity index (χ1) is 12.2. The van der Waals surface area contributed by atoms with Gasteiger partial charge in [0.2, 0.25) is 11.0 Å². The molecule has 0 aliphatic heterocycles. The van der Waals surface area contributed by atoms with Gasteiger partial charge in [-0.25, -0.2) is 4.98 Å². The van der Waals surface area contributed by atoms with Gasteiger partial charge in [0.15, 0.2) is 0 Å². The highest BCUT2D eigenvalue weighted by molar-refractivity contribution is 7.14. The molecule has 3 aromatic rings. The van der Waals surface area contributed by atoms with Gasteiger partial charge in [0.05, 0.1) is 18.2 Å². The maximum Gasteiger partial charge on any atom is 0.224 e. The van der Waals surface area contributed by atoms with Gasteiger partial charge >= 0.3 is 0 Å². The third kappa shape index (κ3) is 4.77. The van der Waals surface area contributed by atoms with Gasteiger partial charge in [0.25, 0.3) is 0 Å². The number of hydrogen-bond donors (Lipinski definition) is 2. The van der Waals surface area contributed by atoms with Gasteiger partial charge in [0.1, 0.15) is 5.76 Å². The van der Waals surface area contributed by atoms with Crippen LogP contribution in [0.4, 0.5) is 10.8 Å². The fourth-order valence-electron chi connectivity index (χ4n) is 2.15. The Morgan fingerprint density at radius 2 is 2.16 bits per heavy atom. The summed E-state index contributed by atoms with van der Waals surface area (Å²) in [6.07, 6.45) is 4.55. The molecule has 6 nitrogen and oxygen atoms in total. The number of hydrogen-bond acceptors (Lipinski definition) is 6. The van der Waals surface area contributed by atoms with Crippen LogP contribution in [0.3, 0.4) is 0 Å². The zero-order valence-corrected chi connectivity index (χ0v) is 14.5. The smallest absolute Gasteiger partial charge is 0.224 e. The number of furan rings is 1. The molecule has 0 aliphatic carbocycles. The summed E-state index contributed by atoms with van der Waals surface area (Å²) in [6.45, 7) is 1.98. The van der Waals surface area contributed by atoms with E-state index in [1.54, 1.807) is 18.5 Å². The molecule has 25 heavy (non-hydrogen) atoms. The first-order valence-corrected chi connectivity index (χ1v) is 8.81. The van der Waals surface area contributed by atoms with E-state index >= 15 is 0 Å². The van der Waals surface area contributed by atoms with Crippen LogP contribution in [0.25, 0.3) is 11.3 Å². The minimum absolute atomic E-state index is 0.0322. The quantitative estimate of drug-likeness (QED) is 0.480. The number of nitrogens with zero attached hydrogens (tertiary/aromatic N) is 2. The maximum atomic E-state index is 11.6. The highest BCUT2D eigenvalue weighted by atomic mass is 32.1. The predicted molar refractivity (Wildman–Crippen MR) is 101 cm³/mol. The van der Waals surface area contributed by atoms with Crippen molar-refractivity contribution in [3.63, 3.8) is 0 Å². The SMILES string of the molecule is CCCC(=O)Nc1ccc(-c2csc(N/N=C/c3ccco3)n2)cc1. The molecule has 2 N–H and O–H groups in total. The molecule has 0 spiro atoms. The van der Waals surface area contributed by atoms with Crippen LogP contribution < -0.4 is 10.7 Å². The molecule has 3 rings (SSSR count). The van der Waals surface area contributed by atoms with E-state index in [0.29, 0.717) is 17.3 Å². The number of carbonyl (C=O) groups excluding carboxylic acids is 1. The molecular formula is C18H18N4O2S. The van der Waals surface area contributed by atoms with E-state index in [4.69, 9.17) is 4.42 Å². The zero-order valence-electron chi connectivity index (χ0n) is 13.7. The van der Waals surface area contributed by atoms with Gasteiger partial charge in [-0.2, -0.15) is 5.10 Å². The van der Waals surface area contributed by atoms with Crippen molar-refractivity contribution in [2.45, 2.75) is 19.8 Å². The number of anilines is 2. The lowest BCUT2D eigenvalue weighted by atomic mass is 10.1. The van der Waals surface area contributed by atoms with Gasteiger partial charge in [-0.15, -0.1) is 11.3 Å². The second-order valence-corrected chi connectivity index (χ2v) is 6.16. The largest absolute Gasteiger partial charge is 0.463 e. The van der Waals surface area contributed by atoms with Crippen molar-refractivity contribution in [2.75, 3.05) is 10.7 Å². The number of rotatable bonds is 7. The lowest BCUT2D eigenvalue weighted by Gasteiger charge is -2.04. The summed E-state index contributed by atoms with van der Waals surface area (Å²) in [6, 6.07) is 11.3. The molecule has 1 amide bonds. The van der Waals surface area contributed by atoms with Gasteiger partial charge in [0, 0.05) is 23.1 Å². The molecular weight excluding hydrogens is 336 g/mol. The normalized spacial score (nSPS) is 10.9. The highest BCUT2D eigenvalue weighted by Crippen LogP contribution is 2.26. The minimum atomic E-state index is 0.0322. The molecule has 7 heteroatoms. The number of carbonyl (C=O) groups is 1. The fraction of sp³-hybridized carbons (Fsp3) is 0.167. The second-order valence-electron chi connectivity index (χ2n) is 5.30. The van der Waals surface area contributed by atoms with Crippen LogP contribution in [0.1, 0.15) is 25.5 Å². The summed E-state index contributed by atoms with van der Waals surface area (Å²) in [5, 5.41) is 9.60. The third-order valence-corrected chi connectivity index (χ3v) is 4.09. The molecule has 128 valence electrons. The van der Waals surface area contributed by atoms with Crippen LogP contribution in [0.15, 0.2) is 57.6 Å². The summed E-state index contributed by atoms with van der Waals surface area (Å²) < 4.78 is 5.16. The lowest BCUT2D eigenvalue weighted by molar-refractivity contribution is -0.116. The Morgan fingerprint density at radius 3 is 2.88 bits per heavy atom. The molecule has 2 heterocycles. The minimum Gasteiger partial charge on any atom is -0.463 e. The number of amides is 1. The molecule has 0 aliphatic rings. The summed E-state index contributed by atoms with van der Waals surface area (Å²) in [7, 11) is 0. The van der Waals surface area contributed by atoms with Crippen molar-refractivity contribution in [3.05, 3.63) is 53.8 Å². The fourth-order valence-corrected chi connectivity index (χ4v) is 2.82. The van der Waals surface area contributed by atoms with Crippen LogP contribution in [-0.2, 0) is 4.79 Å². The number of aromatic nitrogens is 1. The van der Waals surface area contributed by atoms with Crippen LogP contribution in [-0.4, -0.2) is 17.1 Å². The Hall–Kier alpha value is -2.93. The third-order valence-electron chi connectivity index (χ3n) is 3.34. The van der Waals surface area contributed by atoms with Crippen molar-refractivity contribution in [2.24, 2.45) is 5.10 Å². The molecule has 0 fully saturated rings. The summed E-state index contributed by atoms with van der Waals surface area (Å²) in [4.78, 5) is 16.1. The molecule has 1 aromatic carbocycles. The molecule has 0 saturated carbocycles. The first-order valence-electron chi connectivity index (χ1n) is 7.93. The number of hydrazone groups is 1. The Morgan fingerprint density at radius 1 is 1.32 bits per heavy atom. The van der Waals surface area contributed by atoms with Crippen LogP contribution in [0.5, 0.6) is 0 Å². The van der Waals surface area contributed by atoms with Gasteiger partial charge in [-0.05, 0) is 30.7 Å². The average molecular weight is 354 g/mol. The second kappa shape index (κ2) is 8.25. The molecule has 0 radical (unpaired) electrons. The van der Waals surface area contributed by atoms with E-state index < -0.39 is 0 Å². The van der Waals surface area contributed by atoms with Crippen LogP contribution >= 0.6 is 11.3 Å². The number of benzene rings is 1. The Labute approximate surface area is 149 Å². The highest BCUT2D eigenvalue weighted by Gasteiger charge is 2.05. The van der Waals surface area contributed by atoms with Crippen LogP contribution in [0, 0.1) is 0 Å². The lowest BCUT2D eigenvalue weighted by Crippen LogP contribution is -2.10. The summed E-state index contributed by atoms with van der Waals surface area (Å²) >= 11 is 1.47. The van der Waals surface area contributed by atoms with Crippen molar-refractivity contribution >= 4 is 34.3 Å². The van der Waals surface area contributed by atoms with Gasteiger partial charge in [-0.3, -0.25) is 10.2 Å². The van der Waals surface area contributed by atoms with Crippen molar-refractivity contribution in [1.82, 2.24) is 4.98 Å². The average Bonchev–Trinajstić information content (AvgIpc) is 3.28. The Balaban J connectivity index is 1.60. The molecule has 0 saturated heterocycles. The first kappa shape index (κ1) is 16.9. The molecule has 0 unspecified atom stereocenters. The van der Waals surface area contributed by atoms with Gasteiger partial charge in [-0.1, -0.05) is 19.1 Å². The topological polar surface area (TPSA) is 79.5 Å². The molecule has 0 bridgehead atoms. The Kier molecular flexibility index (Phi) is 5.58. The van der Waals surface area contributed by atoms with E-state index in [2.05, 4.69) is 20.8 Å². The van der Waals surface area contributed by atoms with E-state index in [9.17, 15) is 4.79 Å². The molecule has 0 atom stereocenters. The van der Waals surface area contributed by atoms with E-state index in [1.165, 1.54) is 11.3 Å². The molecule has 2 aromatic heterocycles. The number of thiazole rings is 1. The summed E-state index contributed by atoms with van der Waals surface area (Å²) in [5.74, 6) is 0.704. The van der Waals surface area contributed by atoms with Gasteiger partial charge < -0.3 is 9.73 Å². The van der Waals surface area contributed by atoms with E-state index in [-0.39, 0.29) is 5.91 Å². The standard InChI is InChI=1S/C18H18N4O2S/c1-2-4-17(23)20-14-8-6-13(7-9-14)16-12-25-18(21-16)22-19-11-15-5-3-10-24-15/h3,5-12H,2,4H2,1H3,(H,20,23)(H,21,22)/b19-11+. The van der Waals surface area contributed by atoms with E-state index in [0.717, 1.165) is 23.4 Å². The monoisotopic (exact) mass is 354 g/mol. The number of nitrogens with one attached hydrogen (secondary N) is 2. The predicted octanol–water partition coefficient (Wildman–Crippen LogP) is 4.59. The van der Waals surface area contributed by atoms with E-state index in [1.807, 2.05) is 42.6 Å². The maximum absolute atomic E-state index is 11.6. The van der Waals surface area contributed by atoms with Crippen LogP contribution in [0.2, 0.25) is 0 Å². The van der Waals surface area contributed by atoms with Crippen molar-refractivity contribution in [3.8, 4) is 11.3 Å². The zero-order chi connectivity index (χ0) is 17.5. The Bertz CT molecular complexity index is 838. The van der Waals surface area contributed by atoms with Crippen molar-refractivity contribution in [1.29, 1.82) is 0 Å².